The molecule has 0 aliphatic carbocycles. The minimum Gasteiger partial charge on any atom is -0.372 e. The Kier molecular flexibility index (Phi) is 7.13. The molecule has 0 amide bonds. The van der Waals surface area contributed by atoms with Gasteiger partial charge in [0.15, 0.2) is 0 Å². The zero-order valence-corrected chi connectivity index (χ0v) is 12.4. The first-order chi connectivity index (χ1) is 9.43. The molecule has 0 saturated heterocycles. The summed E-state index contributed by atoms with van der Waals surface area (Å²) in [5.74, 6) is 0.638. The van der Waals surface area contributed by atoms with E-state index in [9.17, 15) is 13.2 Å². The quantitative estimate of drug-likeness (QED) is 0.493. The highest BCUT2D eigenvalue weighted by Gasteiger charge is 2.31. The maximum atomic E-state index is 11.9. The van der Waals surface area contributed by atoms with Crippen LogP contribution in [-0.2, 0) is 10.2 Å². The average Bonchev–Trinajstić information content (AvgIpc) is 2.43. The van der Waals surface area contributed by atoms with E-state index in [0.29, 0.717) is 24.6 Å². The molecule has 0 saturated carbocycles. The lowest BCUT2D eigenvalue weighted by Gasteiger charge is -2.30. The standard InChI is InChI=1S/C14H17Cl2F3O/c15-9-13(10-16,12-5-2-1-3-6-12)7-4-8-20-11-14(17,18)19/h1-3,5-6H,4,7-11H2. The molecule has 0 unspecified atom stereocenters. The lowest BCUT2D eigenvalue weighted by atomic mass is 9.80. The Morgan fingerprint density at radius 2 is 1.60 bits per heavy atom. The summed E-state index contributed by atoms with van der Waals surface area (Å²) in [4.78, 5) is 0. The molecule has 0 radical (unpaired) electrons. The zero-order valence-electron chi connectivity index (χ0n) is 10.9. The Bertz CT molecular complexity index is 378. The fourth-order valence-electron chi connectivity index (χ4n) is 1.96. The van der Waals surface area contributed by atoms with Gasteiger partial charge in [-0.25, -0.2) is 0 Å². The highest BCUT2D eigenvalue weighted by molar-refractivity contribution is 6.22. The lowest BCUT2D eigenvalue weighted by molar-refractivity contribution is -0.174. The van der Waals surface area contributed by atoms with Crippen molar-refractivity contribution in [3.63, 3.8) is 0 Å². The highest BCUT2D eigenvalue weighted by Crippen LogP contribution is 2.32. The number of hydrogen-bond acceptors (Lipinski definition) is 1. The molecule has 0 atom stereocenters. The summed E-state index contributed by atoms with van der Waals surface area (Å²) < 4.78 is 40.4. The summed E-state index contributed by atoms with van der Waals surface area (Å²) in [6.07, 6.45) is -3.22. The SMILES string of the molecule is FC(F)(F)COCCCC(CCl)(CCl)c1ccccc1. The predicted octanol–water partition coefficient (Wildman–Crippen LogP) is 4.76. The van der Waals surface area contributed by atoms with E-state index in [1.54, 1.807) is 0 Å². The minimum absolute atomic E-state index is 0.0435. The fourth-order valence-corrected chi connectivity index (χ4v) is 2.82. The first-order valence-electron chi connectivity index (χ1n) is 6.25. The van der Waals surface area contributed by atoms with Crippen molar-refractivity contribution in [3.8, 4) is 0 Å². The summed E-state index contributed by atoms with van der Waals surface area (Å²) in [5.41, 5.74) is 0.576. The van der Waals surface area contributed by atoms with E-state index in [1.807, 2.05) is 30.3 Å². The molecule has 0 spiro atoms. The molecular formula is C14H17Cl2F3O. The summed E-state index contributed by atoms with van der Waals surface area (Å²) in [5, 5.41) is 0. The Labute approximate surface area is 127 Å². The molecule has 114 valence electrons. The van der Waals surface area contributed by atoms with Crippen molar-refractivity contribution < 1.29 is 17.9 Å². The van der Waals surface area contributed by atoms with Gasteiger partial charge in [0.25, 0.3) is 0 Å². The second-order valence-corrected chi connectivity index (χ2v) is 5.22. The van der Waals surface area contributed by atoms with Crippen LogP contribution in [0.3, 0.4) is 0 Å². The van der Waals surface area contributed by atoms with Crippen molar-refractivity contribution in [2.24, 2.45) is 0 Å². The topological polar surface area (TPSA) is 9.23 Å². The van der Waals surface area contributed by atoms with E-state index < -0.39 is 18.2 Å². The zero-order chi connectivity index (χ0) is 15.1. The van der Waals surface area contributed by atoms with Crippen LogP contribution in [0.25, 0.3) is 0 Å². The number of hydrogen-bond donors (Lipinski definition) is 0. The molecule has 0 N–H and O–H groups in total. The van der Waals surface area contributed by atoms with Gasteiger partial charge in [-0.15, -0.1) is 23.2 Å². The number of rotatable bonds is 8. The van der Waals surface area contributed by atoms with Crippen LogP contribution in [0.4, 0.5) is 13.2 Å². The van der Waals surface area contributed by atoms with Gasteiger partial charge in [0.2, 0.25) is 0 Å². The van der Waals surface area contributed by atoms with Crippen LogP contribution in [0.1, 0.15) is 18.4 Å². The first-order valence-corrected chi connectivity index (χ1v) is 7.32. The summed E-state index contributed by atoms with van der Waals surface area (Å²) in [7, 11) is 0. The molecular weight excluding hydrogens is 312 g/mol. The Morgan fingerprint density at radius 3 is 2.10 bits per heavy atom. The van der Waals surface area contributed by atoms with Crippen molar-refractivity contribution in [3.05, 3.63) is 35.9 Å². The fraction of sp³-hybridized carbons (Fsp3) is 0.571. The van der Waals surface area contributed by atoms with Gasteiger partial charge in [0.05, 0.1) is 0 Å². The first kappa shape index (κ1) is 17.6. The second kappa shape index (κ2) is 8.11. The molecule has 0 fully saturated rings. The predicted molar refractivity (Wildman–Crippen MR) is 75.7 cm³/mol. The lowest BCUT2D eigenvalue weighted by Crippen LogP contribution is -2.31. The minimum atomic E-state index is -4.28. The summed E-state index contributed by atoms with van der Waals surface area (Å²) in [6.45, 7) is -1.17. The van der Waals surface area contributed by atoms with Crippen LogP contribution in [0.5, 0.6) is 0 Å². The molecule has 0 aromatic heterocycles. The number of ether oxygens (including phenoxy) is 1. The van der Waals surface area contributed by atoms with Crippen LogP contribution >= 0.6 is 23.2 Å². The van der Waals surface area contributed by atoms with Gasteiger partial charge in [-0.3, -0.25) is 0 Å². The molecule has 0 aliphatic rings. The highest BCUT2D eigenvalue weighted by atomic mass is 35.5. The third kappa shape index (κ3) is 5.51. The van der Waals surface area contributed by atoms with Gasteiger partial charge in [0.1, 0.15) is 6.61 Å². The van der Waals surface area contributed by atoms with E-state index in [1.165, 1.54) is 0 Å². The van der Waals surface area contributed by atoms with E-state index in [4.69, 9.17) is 23.2 Å². The van der Waals surface area contributed by atoms with E-state index in [2.05, 4.69) is 4.74 Å². The Morgan fingerprint density at radius 1 is 1.00 bits per heavy atom. The molecule has 0 aliphatic heterocycles. The van der Waals surface area contributed by atoms with Crippen LogP contribution < -0.4 is 0 Å². The number of benzene rings is 1. The maximum absolute atomic E-state index is 11.9. The van der Waals surface area contributed by atoms with Crippen LogP contribution in [0.15, 0.2) is 30.3 Å². The van der Waals surface area contributed by atoms with Crippen molar-refractivity contribution in [1.29, 1.82) is 0 Å². The summed E-state index contributed by atoms with van der Waals surface area (Å²) >= 11 is 12.1. The van der Waals surface area contributed by atoms with Crippen LogP contribution in [0, 0.1) is 0 Å². The van der Waals surface area contributed by atoms with E-state index >= 15 is 0 Å². The largest absolute Gasteiger partial charge is 0.411 e. The van der Waals surface area contributed by atoms with Crippen molar-refractivity contribution >= 4 is 23.2 Å². The van der Waals surface area contributed by atoms with Crippen LogP contribution in [-0.4, -0.2) is 31.2 Å². The van der Waals surface area contributed by atoms with Crippen molar-refractivity contribution in [1.82, 2.24) is 0 Å². The number of halogens is 5. The second-order valence-electron chi connectivity index (χ2n) is 4.68. The normalized spacial score (nSPS) is 12.7. The third-order valence-corrected chi connectivity index (χ3v) is 4.13. The van der Waals surface area contributed by atoms with Gasteiger partial charge in [-0.05, 0) is 18.4 Å². The van der Waals surface area contributed by atoms with Crippen molar-refractivity contribution in [2.75, 3.05) is 25.0 Å². The third-order valence-electron chi connectivity index (χ3n) is 3.11. The van der Waals surface area contributed by atoms with E-state index in [0.717, 1.165) is 5.56 Å². The average molecular weight is 329 g/mol. The molecule has 1 aromatic rings. The molecule has 0 heterocycles. The molecule has 1 aromatic carbocycles. The van der Waals surface area contributed by atoms with E-state index in [-0.39, 0.29) is 6.61 Å². The van der Waals surface area contributed by atoms with Gasteiger partial charge in [-0.1, -0.05) is 30.3 Å². The molecule has 6 heteroatoms. The van der Waals surface area contributed by atoms with Crippen molar-refractivity contribution in [2.45, 2.75) is 24.4 Å². The van der Waals surface area contributed by atoms with Crippen LogP contribution in [0.2, 0.25) is 0 Å². The monoisotopic (exact) mass is 328 g/mol. The van der Waals surface area contributed by atoms with Gasteiger partial charge >= 0.3 is 6.18 Å². The molecule has 1 rings (SSSR count). The molecule has 20 heavy (non-hydrogen) atoms. The maximum Gasteiger partial charge on any atom is 0.411 e. The molecule has 0 bridgehead atoms. The Hall–Kier alpha value is -0.450. The van der Waals surface area contributed by atoms with Gasteiger partial charge in [0, 0.05) is 23.8 Å². The van der Waals surface area contributed by atoms with Gasteiger partial charge < -0.3 is 4.74 Å². The Balaban J connectivity index is 2.52. The number of alkyl halides is 5. The summed E-state index contributed by atoms with van der Waals surface area (Å²) in [6, 6.07) is 9.54. The smallest absolute Gasteiger partial charge is 0.372 e. The molecule has 1 nitrogen and oxygen atoms in total. The van der Waals surface area contributed by atoms with Gasteiger partial charge in [-0.2, -0.15) is 13.2 Å².